The number of aromatic nitrogens is 6. The summed E-state index contributed by atoms with van der Waals surface area (Å²) in [6.07, 6.45) is 12.4. The van der Waals surface area contributed by atoms with Crippen molar-refractivity contribution in [3.63, 3.8) is 0 Å². The summed E-state index contributed by atoms with van der Waals surface area (Å²) in [4.78, 5) is 52.1. The van der Waals surface area contributed by atoms with Gasteiger partial charge < -0.3 is 59.7 Å². The summed E-state index contributed by atoms with van der Waals surface area (Å²) >= 11 is 0. The predicted octanol–water partition coefficient (Wildman–Crippen LogP) is 9.29. The molecular weight excluding hydrogens is 993 g/mol. The maximum atomic E-state index is 12.9. The first kappa shape index (κ1) is 50.9. The van der Waals surface area contributed by atoms with Crippen LogP contribution in [0, 0.1) is 0 Å². The zero-order valence-electron chi connectivity index (χ0n) is 42.7. The molecule has 8 aromatic rings. The average molecular weight is 1050 g/mol. The third kappa shape index (κ3) is 11.0. The fourth-order valence-corrected chi connectivity index (χ4v) is 10.2. The Labute approximate surface area is 438 Å². The molecule has 0 unspecified atom stereocenters. The molecule has 20 nitrogen and oxygen atoms in total. The number of benzene rings is 4. The highest BCUT2D eigenvalue weighted by molar-refractivity contribution is 7.90. The van der Waals surface area contributed by atoms with Crippen molar-refractivity contribution >= 4 is 67.0 Å². The molecule has 2 saturated carbocycles. The molecule has 0 spiro atoms. The molecule has 0 radical (unpaired) electrons. The highest BCUT2D eigenvalue weighted by atomic mass is 32.2. The van der Waals surface area contributed by atoms with Gasteiger partial charge in [-0.15, -0.1) is 0 Å². The van der Waals surface area contributed by atoms with Crippen LogP contribution >= 0.6 is 0 Å². The molecule has 2 fully saturated rings. The fourth-order valence-electron chi connectivity index (χ4n) is 9.57. The van der Waals surface area contributed by atoms with E-state index in [1.807, 2.05) is 30.5 Å². The number of carbonyl (C=O) groups is 2. The normalized spacial score (nSPS) is 13.9. The number of nitrogens with zero attached hydrogens (tertiary/aromatic N) is 4. The van der Waals surface area contributed by atoms with Crippen LogP contribution < -0.4 is 49.7 Å². The molecule has 0 atom stereocenters. The monoisotopic (exact) mass is 1050 g/mol. The van der Waals surface area contributed by atoms with Gasteiger partial charge >= 0.3 is 0 Å². The Hall–Kier alpha value is -8.59. The van der Waals surface area contributed by atoms with Gasteiger partial charge in [-0.2, -0.15) is 19.9 Å². The lowest BCUT2D eigenvalue weighted by atomic mass is 10.1. The number of hydrogen-bond acceptors (Lipinski definition) is 16. The van der Waals surface area contributed by atoms with Gasteiger partial charge in [0.2, 0.25) is 23.7 Å². The number of aromatic amines is 2. The quantitative estimate of drug-likeness (QED) is 0.0389. The van der Waals surface area contributed by atoms with Gasteiger partial charge in [0.15, 0.2) is 21.3 Å². The van der Waals surface area contributed by atoms with Gasteiger partial charge in [-0.05, 0) is 123 Å². The molecule has 0 aliphatic heterocycles. The minimum absolute atomic E-state index is 0.00954. The number of methoxy groups -OCH3 is 2. The average Bonchev–Trinajstić information content (AvgIpc) is 4.29. The van der Waals surface area contributed by atoms with Crippen molar-refractivity contribution in [1.29, 1.82) is 0 Å². The molecule has 10 rings (SSSR count). The summed E-state index contributed by atoms with van der Waals surface area (Å²) in [6, 6.07) is 22.3. The first-order valence-corrected chi connectivity index (χ1v) is 26.9. The molecule has 4 aromatic carbocycles. The highest BCUT2D eigenvalue weighted by Gasteiger charge is 2.26. The fraction of sp³-hybridized carbons (Fsp3) is 0.309. The van der Waals surface area contributed by atoms with E-state index in [1.54, 1.807) is 89.1 Å². The standard InChI is InChI=1S/C55H58N10O10S/c1-56-50(66)33-17-20-40(60-54-62-48-46(52(64-54)74-35-12-6-7-13-35)38(29-58-48)31-11-10-16-37(25-31)76(5,68)69)43(27-33)72-23-24-73-44-28-34(51(67)57-2)18-21-41(44)61-55-63-49-47(53(65-55)75-36-14-8-9-15-36)39(30-59-49)32-19-22-42(70-3)45(26-32)71-4/h10-11,16-22,25-30,35-36H,6-9,12-15,23-24H2,1-5H3,(H,56,66)(H,57,67)(H2,58,60,62,64)(H2,59,61,63,65). The van der Waals surface area contributed by atoms with Crippen LogP contribution in [-0.2, 0) is 9.84 Å². The van der Waals surface area contributed by atoms with E-state index in [9.17, 15) is 18.0 Å². The Morgan fingerprint density at radius 2 is 1.08 bits per heavy atom. The molecule has 2 aliphatic rings. The van der Waals surface area contributed by atoms with E-state index in [0.717, 1.165) is 62.5 Å². The number of anilines is 4. The predicted molar refractivity (Wildman–Crippen MR) is 288 cm³/mol. The first-order chi connectivity index (χ1) is 36.9. The Kier molecular flexibility index (Phi) is 14.8. The summed E-state index contributed by atoms with van der Waals surface area (Å²) in [7, 11) is 2.80. The lowest BCUT2D eigenvalue weighted by molar-refractivity contribution is 0.0954. The zero-order chi connectivity index (χ0) is 52.9. The van der Waals surface area contributed by atoms with Crippen molar-refractivity contribution in [2.45, 2.75) is 68.5 Å². The van der Waals surface area contributed by atoms with Gasteiger partial charge in [-0.3, -0.25) is 9.59 Å². The van der Waals surface area contributed by atoms with Gasteiger partial charge in [0, 0.05) is 55.0 Å². The zero-order valence-corrected chi connectivity index (χ0v) is 43.5. The van der Waals surface area contributed by atoms with E-state index in [-0.39, 0.29) is 54.0 Å². The van der Waals surface area contributed by atoms with Crippen LogP contribution in [0.25, 0.3) is 44.3 Å². The van der Waals surface area contributed by atoms with Crippen molar-refractivity contribution in [2.75, 3.05) is 58.4 Å². The van der Waals surface area contributed by atoms with Gasteiger partial charge in [-0.1, -0.05) is 18.2 Å². The smallest absolute Gasteiger partial charge is 0.251 e. The molecule has 394 valence electrons. The summed E-state index contributed by atoms with van der Waals surface area (Å²) < 4.78 is 62.1. The van der Waals surface area contributed by atoms with E-state index < -0.39 is 9.84 Å². The van der Waals surface area contributed by atoms with Crippen LogP contribution in [0.3, 0.4) is 0 Å². The largest absolute Gasteiger partial charge is 0.493 e. The number of rotatable bonds is 20. The summed E-state index contributed by atoms with van der Waals surface area (Å²) in [6.45, 7) is -0.0222. The minimum Gasteiger partial charge on any atom is -0.493 e. The molecule has 0 bridgehead atoms. The second-order valence-corrected chi connectivity index (χ2v) is 20.5. The molecule has 2 amide bonds. The van der Waals surface area contributed by atoms with Gasteiger partial charge in [-0.25, -0.2) is 8.42 Å². The topological polar surface area (TPSA) is 255 Å². The number of amides is 2. The Balaban J connectivity index is 0.923. The summed E-state index contributed by atoms with van der Waals surface area (Å²) in [5.41, 5.74) is 5.62. The van der Waals surface area contributed by atoms with Crippen LogP contribution in [0.4, 0.5) is 23.3 Å². The van der Waals surface area contributed by atoms with Crippen LogP contribution in [0.1, 0.15) is 72.1 Å². The number of carbonyl (C=O) groups excluding carboxylic acids is 2. The summed E-state index contributed by atoms with van der Waals surface area (Å²) in [5.74, 6) is 2.29. The molecule has 21 heteroatoms. The number of fused-ring (bicyclic) bond motifs is 2. The van der Waals surface area contributed by atoms with Crippen molar-refractivity contribution in [3.05, 3.63) is 102 Å². The third-order valence-corrected chi connectivity index (χ3v) is 14.6. The molecule has 6 N–H and O–H groups in total. The Bertz CT molecular complexity index is 3570. The maximum Gasteiger partial charge on any atom is 0.251 e. The van der Waals surface area contributed by atoms with Crippen LogP contribution in [-0.4, -0.2) is 110 Å². The second kappa shape index (κ2) is 22.1. The van der Waals surface area contributed by atoms with Gasteiger partial charge in [0.25, 0.3) is 11.8 Å². The molecule has 4 aromatic heterocycles. The molecule has 2 aliphatic carbocycles. The molecular formula is C55H58N10O10S. The lowest BCUT2D eigenvalue weighted by Gasteiger charge is -2.18. The van der Waals surface area contributed by atoms with E-state index in [0.29, 0.717) is 90.5 Å². The minimum atomic E-state index is -3.48. The number of ether oxygens (including phenoxy) is 6. The maximum absolute atomic E-state index is 12.9. The number of nitrogens with one attached hydrogen (secondary N) is 6. The van der Waals surface area contributed by atoms with Crippen molar-refractivity contribution in [3.8, 4) is 57.0 Å². The van der Waals surface area contributed by atoms with Gasteiger partial charge in [0.05, 0.1) is 41.3 Å². The number of H-pyrrole nitrogens is 2. The van der Waals surface area contributed by atoms with Gasteiger partial charge in [0.1, 0.15) is 48.2 Å². The van der Waals surface area contributed by atoms with E-state index in [4.69, 9.17) is 48.4 Å². The van der Waals surface area contributed by atoms with E-state index in [1.165, 1.54) is 6.26 Å². The van der Waals surface area contributed by atoms with Crippen molar-refractivity contribution < 1.29 is 46.4 Å². The number of sulfone groups is 1. The van der Waals surface area contributed by atoms with E-state index >= 15 is 0 Å². The molecule has 76 heavy (non-hydrogen) atoms. The molecule has 4 heterocycles. The van der Waals surface area contributed by atoms with Crippen molar-refractivity contribution in [2.24, 2.45) is 0 Å². The SMILES string of the molecule is CNC(=O)c1ccc(Nc2nc(OC3CCCC3)c3c(-c4cccc(S(C)(=O)=O)c4)c[nH]c3n2)c(OCCOc2cc(C(=O)NC)ccc2Nc2nc(OC3CCCC3)c3c(-c4ccc(OC)c(OC)c4)c[nH]c3n2)c1. The second-order valence-electron chi connectivity index (χ2n) is 18.5. The Morgan fingerprint density at radius 1 is 0.592 bits per heavy atom. The first-order valence-electron chi connectivity index (χ1n) is 25.1. The van der Waals surface area contributed by atoms with Crippen molar-refractivity contribution in [1.82, 2.24) is 40.5 Å². The van der Waals surface area contributed by atoms with Crippen LogP contribution in [0.15, 0.2) is 96.2 Å². The Morgan fingerprint density at radius 3 is 1.54 bits per heavy atom. The summed E-state index contributed by atoms with van der Waals surface area (Å²) in [5, 5.41) is 13.2. The van der Waals surface area contributed by atoms with E-state index in [2.05, 4.69) is 31.2 Å². The van der Waals surface area contributed by atoms with Crippen LogP contribution in [0.2, 0.25) is 0 Å². The lowest BCUT2D eigenvalue weighted by Crippen LogP contribution is -2.19. The highest BCUT2D eigenvalue weighted by Crippen LogP contribution is 2.42. The van der Waals surface area contributed by atoms with Crippen LogP contribution in [0.5, 0.6) is 34.8 Å². The third-order valence-electron chi connectivity index (χ3n) is 13.5. The number of hydrogen-bond donors (Lipinski definition) is 6. The molecule has 0 saturated heterocycles.